The van der Waals surface area contributed by atoms with Gasteiger partial charge >= 0.3 is 23.9 Å². The first-order chi connectivity index (χ1) is 7.90. The standard InChI is InChI=1S/C9H9F9O/c1-5(2,3)4(19)6(10,11)7(12,13)8(14,15)9(16,17)18/h1-3H3. The number of alkyl halides is 9. The molecule has 0 N–H and O–H groups in total. The third kappa shape index (κ3) is 2.66. The number of ketones is 1. The van der Waals surface area contributed by atoms with E-state index < -0.39 is 35.1 Å². The molecular weight excluding hydrogens is 295 g/mol. The van der Waals surface area contributed by atoms with Crippen LogP contribution < -0.4 is 0 Å². The molecule has 0 unspecified atom stereocenters. The van der Waals surface area contributed by atoms with E-state index in [0.29, 0.717) is 20.8 Å². The number of Topliss-reactive ketones (excluding diaryl/α,β-unsaturated/α-hetero) is 1. The summed E-state index contributed by atoms with van der Waals surface area (Å²) >= 11 is 0. The summed E-state index contributed by atoms with van der Waals surface area (Å²) < 4.78 is 112. The van der Waals surface area contributed by atoms with Crippen molar-refractivity contribution in [3.8, 4) is 0 Å². The van der Waals surface area contributed by atoms with Crippen molar-refractivity contribution in [2.45, 2.75) is 44.7 Å². The molecule has 0 spiro atoms. The molecule has 0 atom stereocenters. The topological polar surface area (TPSA) is 17.1 Å². The van der Waals surface area contributed by atoms with Crippen LogP contribution in [-0.2, 0) is 4.79 Å². The maximum Gasteiger partial charge on any atom is 0.460 e. The SMILES string of the molecule is CC(C)(C)C(=O)C(F)(F)C(F)(F)C(F)(F)C(F)(F)F. The maximum atomic E-state index is 13.0. The second-order valence-electron chi connectivity index (χ2n) is 4.80. The van der Waals surface area contributed by atoms with Gasteiger partial charge in [0, 0.05) is 5.41 Å². The highest BCUT2D eigenvalue weighted by molar-refractivity contribution is 5.91. The Balaban J connectivity index is 5.86. The van der Waals surface area contributed by atoms with Crippen LogP contribution in [0, 0.1) is 5.41 Å². The number of hydrogen-bond donors (Lipinski definition) is 0. The molecule has 0 aliphatic heterocycles. The molecule has 0 radical (unpaired) electrons. The lowest BCUT2D eigenvalue weighted by atomic mass is 9.83. The van der Waals surface area contributed by atoms with Gasteiger partial charge in [-0.05, 0) is 0 Å². The highest BCUT2D eigenvalue weighted by Crippen LogP contribution is 2.54. The van der Waals surface area contributed by atoms with E-state index in [1.165, 1.54) is 0 Å². The van der Waals surface area contributed by atoms with Crippen molar-refractivity contribution in [3.63, 3.8) is 0 Å². The minimum Gasteiger partial charge on any atom is -0.292 e. The first-order valence-corrected chi connectivity index (χ1v) is 4.65. The Hall–Kier alpha value is -0.960. The van der Waals surface area contributed by atoms with E-state index in [-0.39, 0.29) is 0 Å². The molecule has 0 saturated heterocycles. The molecule has 0 bridgehead atoms. The summed E-state index contributed by atoms with van der Waals surface area (Å²) in [6.07, 6.45) is -6.92. The van der Waals surface area contributed by atoms with Gasteiger partial charge < -0.3 is 0 Å². The number of hydrogen-bond acceptors (Lipinski definition) is 1. The fraction of sp³-hybridized carbons (Fsp3) is 0.889. The van der Waals surface area contributed by atoms with E-state index >= 15 is 0 Å². The number of rotatable bonds is 3. The van der Waals surface area contributed by atoms with Crippen LogP contribution in [0.15, 0.2) is 0 Å². The first kappa shape index (κ1) is 18.0. The van der Waals surface area contributed by atoms with Gasteiger partial charge in [0.25, 0.3) is 0 Å². The Kier molecular flexibility index (Phi) is 4.05. The average molecular weight is 304 g/mol. The second kappa shape index (κ2) is 4.27. The predicted molar refractivity (Wildman–Crippen MR) is 45.4 cm³/mol. The molecule has 0 amide bonds. The summed E-state index contributed by atoms with van der Waals surface area (Å²) in [7, 11) is 0. The van der Waals surface area contributed by atoms with Crippen LogP contribution >= 0.6 is 0 Å². The van der Waals surface area contributed by atoms with E-state index in [2.05, 4.69) is 0 Å². The summed E-state index contributed by atoms with van der Waals surface area (Å²) in [5.41, 5.74) is -2.23. The summed E-state index contributed by atoms with van der Waals surface area (Å²) in [4.78, 5) is 11.0. The molecule has 0 heterocycles. The van der Waals surface area contributed by atoms with E-state index in [9.17, 15) is 44.3 Å². The summed E-state index contributed by atoms with van der Waals surface area (Å²) in [5.74, 6) is -22.8. The van der Waals surface area contributed by atoms with Crippen molar-refractivity contribution < 1.29 is 44.3 Å². The molecule has 114 valence electrons. The zero-order valence-electron chi connectivity index (χ0n) is 9.81. The van der Waals surface area contributed by atoms with E-state index in [0.717, 1.165) is 0 Å². The molecule has 0 aromatic carbocycles. The van der Waals surface area contributed by atoms with Crippen LogP contribution in [0.2, 0.25) is 0 Å². The molecule has 0 saturated carbocycles. The molecule has 19 heavy (non-hydrogen) atoms. The van der Waals surface area contributed by atoms with Crippen LogP contribution in [-0.4, -0.2) is 29.7 Å². The van der Waals surface area contributed by atoms with E-state index in [1.807, 2.05) is 0 Å². The number of carbonyl (C=O) groups is 1. The van der Waals surface area contributed by atoms with E-state index in [4.69, 9.17) is 0 Å². The molecule has 0 fully saturated rings. The lowest BCUT2D eigenvalue weighted by molar-refractivity contribution is -0.389. The Labute approximate surface area is 101 Å². The molecule has 1 nitrogen and oxygen atoms in total. The summed E-state index contributed by atoms with van der Waals surface area (Å²) in [5, 5.41) is 0. The van der Waals surface area contributed by atoms with Crippen molar-refractivity contribution in [2.75, 3.05) is 0 Å². The molecule has 0 aromatic heterocycles. The van der Waals surface area contributed by atoms with Gasteiger partial charge in [0.15, 0.2) is 0 Å². The average Bonchev–Trinajstić information content (AvgIpc) is 2.12. The fourth-order valence-corrected chi connectivity index (χ4v) is 0.989. The molecular formula is C9H9F9O. The smallest absolute Gasteiger partial charge is 0.292 e. The van der Waals surface area contributed by atoms with Crippen molar-refractivity contribution in [2.24, 2.45) is 5.41 Å². The van der Waals surface area contributed by atoms with Crippen LogP contribution in [0.1, 0.15) is 20.8 Å². The summed E-state index contributed by atoms with van der Waals surface area (Å²) in [6.45, 7) is 2.06. The van der Waals surface area contributed by atoms with Gasteiger partial charge in [-0.3, -0.25) is 4.79 Å². The van der Waals surface area contributed by atoms with Crippen LogP contribution in [0.4, 0.5) is 39.5 Å². The third-order valence-electron chi connectivity index (χ3n) is 2.11. The monoisotopic (exact) mass is 304 g/mol. The molecule has 0 rings (SSSR count). The molecule has 0 aromatic rings. The number of halogens is 9. The second-order valence-corrected chi connectivity index (χ2v) is 4.80. The van der Waals surface area contributed by atoms with Gasteiger partial charge in [0.2, 0.25) is 5.78 Å². The van der Waals surface area contributed by atoms with Crippen LogP contribution in [0.3, 0.4) is 0 Å². The minimum absolute atomic E-state index is 0.686. The third-order valence-corrected chi connectivity index (χ3v) is 2.11. The van der Waals surface area contributed by atoms with Crippen molar-refractivity contribution in [1.82, 2.24) is 0 Å². The van der Waals surface area contributed by atoms with Gasteiger partial charge in [0.05, 0.1) is 0 Å². The molecule has 0 aliphatic carbocycles. The van der Waals surface area contributed by atoms with Crippen molar-refractivity contribution in [1.29, 1.82) is 0 Å². The minimum atomic E-state index is -7.04. The fourth-order valence-electron chi connectivity index (χ4n) is 0.989. The number of carbonyl (C=O) groups excluding carboxylic acids is 1. The van der Waals surface area contributed by atoms with Crippen LogP contribution in [0.5, 0.6) is 0 Å². The Morgan fingerprint density at radius 3 is 1.21 bits per heavy atom. The first-order valence-electron chi connectivity index (χ1n) is 4.65. The van der Waals surface area contributed by atoms with Gasteiger partial charge in [-0.1, -0.05) is 20.8 Å². The molecule has 0 aliphatic rings. The van der Waals surface area contributed by atoms with Crippen molar-refractivity contribution in [3.05, 3.63) is 0 Å². The largest absolute Gasteiger partial charge is 0.460 e. The van der Waals surface area contributed by atoms with Gasteiger partial charge in [0.1, 0.15) is 0 Å². The highest BCUT2D eigenvalue weighted by atomic mass is 19.4. The van der Waals surface area contributed by atoms with Gasteiger partial charge in [-0.25, -0.2) is 0 Å². The highest BCUT2D eigenvalue weighted by Gasteiger charge is 2.83. The lowest BCUT2D eigenvalue weighted by Gasteiger charge is -2.35. The van der Waals surface area contributed by atoms with Crippen LogP contribution in [0.25, 0.3) is 0 Å². The van der Waals surface area contributed by atoms with E-state index in [1.54, 1.807) is 0 Å². The zero-order chi connectivity index (χ0) is 16.1. The maximum absolute atomic E-state index is 13.0. The quantitative estimate of drug-likeness (QED) is 0.718. The van der Waals surface area contributed by atoms with Crippen molar-refractivity contribution >= 4 is 5.78 Å². The molecule has 10 heteroatoms. The predicted octanol–water partition coefficient (Wildman–Crippen LogP) is 4.07. The zero-order valence-corrected chi connectivity index (χ0v) is 9.81. The van der Waals surface area contributed by atoms with Gasteiger partial charge in [-0.15, -0.1) is 0 Å². The Morgan fingerprint density at radius 2 is 1.00 bits per heavy atom. The summed E-state index contributed by atoms with van der Waals surface area (Å²) in [6, 6.07) is 0. The normalized spacial score (nSPS) is 15.6. The van der Waals surface area contributed by atoms with Gasteiger partial charge in [-0.2, -0.15) is 39.5 Å². The Morgan fingerprint density at radius 1 is 0.684 bits per heavy atom. The Bertz CT molecular complexity index is 361. The lowest BCUT2D eigenvalue weighted by Crippen LogP contribution is -2.64.